The van der Waals surface area contributed by atoms with Gasteiger partial charge in [-0.1, -0.05) is 24.3 Å². The largest absolute Gasteiger partial charge is 0.455 e. The van der Waals surface area contributed by atoms with Gasteiger partial charge in [-0.2, -0.15) is 0 Å². The van der Waals surface area contributed by atoms with Crippen molar-refractivity contribution in [1.29, 1.82) is 0 Å². The zero-order valence-electron chi connectivity index (χ0n) is 22.1. The maximum atomic E-state index is 14.1. The molecule has 1 aromatic heterocycles. The van der Waals surface area contributed by atoms with E-state index in [1.165, 1.54) is 29.2 Å². The lowest BCUT2D eigenvalue weighted by Gasteiger charge is -2.31. The van der Waals surface area contributed by atoms with Gasteiger partial charge >= 0.3 is 0 Å². The van der Waals surface area contributed by atoms with E-state index in [4.69, 9.17) is 13.9 Å². The van der Waals surface area contributed by atoms with Crippen LogP contribution in [0.5, 0.6) is 0 Å². The topological polar surface area (TPSA) is 84.2 Å². The van der Waals surface area contributed by atoms with E-state index in [2.05, 4.69) is 10.2 Å². The Labute approximate surface area is 227 Å². The summed E-state index contributed by atoms with van der Waals surface area (Å²) in [6.07, 6.45) is 1.74. The van der Waals surface area contributed by atoms with Gasteiger partial charge in [0.05, 0.1) is 25.9 Å². The minimum Gasteiger partial charge on any atom is -0.455 e. The number of nitrogens with zero attached hydrogens (tertiary/aromatic N) is 2. The fraction of sp³-hybridized carbons (Fsp3) is 0.400. The SMILES string of the molecule is Cc1cccc(N(C(=O)c2ccc(CN3CCOCC3)o2)[C@@H](C(=O)NC[C@@H]2CCCO2)c2ccc(F)cc2)c1. The van der Waals surface area contributed by atoms with Crippen molar-refractivity contribution in [1.82, 2.24) is 10.2 Å². The highest BCUT2D eigenvalue weighted by atomic mass is 19.1. The van der Waals surface area contributed by atoms with E-state index in [1.807, 2.05) is 25.1 Å². The molecule has 39 heavy (non-hydrogen) atoms. The number of hydrogen-bond acceptors (Lipinski definition) is 6. The second-order valence-corrected chi connectivity index (χ2v) is 10.0. The average molecular weight is 536 g/mol. The van der Waals surface area contributed by atoms with Crippen molar-refractivity contribution in [2.24, 2.45) is 0 Å². The van der Waals surface area contributed by atoms with Gasteiger partial charge in [0.1, 0.15) is 17.6 Å². The number of nitrogens with one attached hydrogen (secondary N) is 1. The van der Waals surface area contributed by atoms with Crippen molar-refractivity contribution in [2.75, 3.05) is 44.4 Å². The summed E-state index contributed by atoms with van der Waals surface area (Å²) < 4.78 is 31.0. The van der Waals surface area contributed by atoms with Crippen molar-refractivity contribution >= 4 is 17.5 Å². The molecule has 2 fully saturated rings. The van der Waals surface area contributed by atoms with Crippen molar-refractivity contribution in [3.63, 3.8) is 0 Å². The van der Waals surface area contributed by atoms with Gasteiger partial charge in [-0.3, -0.25) is 19.4 Å². The van der Waals surface area contributed by atoms with Gasteiger partial charge in [0, 0.05) is 31.9 Å². The Morgan fingerprint density at radius 2 is 1.87 bits per heavy atom. The molecule has 0 saturated carbocycles. The van der Waals surface area contributed by atoms with E-state index >= 15 is 0 Å². The number of hydrogen-bond donors (Lipinski definition) is 1. The second-order valence-electron chi connectivity index (χ2n) is 10.0. The normalized spacial score (nSPS) is 18.6. The van der Waals surface area contributed by atoms with E-state index in [9.17, 15) is 14.0 Å². The molecule has 2 saturated heterocycles. The molecule has 2 aromatic carbocycles. The highest BCUT2D eigenvalue weighted by Crippen LogP contribution is 2.31. The minimum atomic E-state index is -1.06. The molecule has 206 valence electrons. The second kappa shape index (κ2) is 12.5. The fourth-order valence-electron chi connectivity index (χ4n) is 5.02. The van der Waals surface area contributed by atoms with Crippen LogP contribution in [0.4, 0.5) is 10.1 Å². The Kier molecular flexibility index (Phi) is 8.71. The standard InChI is InChI=1S/C30H34FN3O5/c1-21-4-2-5-24(18-21)34(30(36)27-12-11-26(39-27)20-33-13-16-37-17-14-33)28(22-7-9-23(31)10-8-22)29(35)32-19-25-6-3-15-38-25/h2,4-5,7-12,18,25,28H,3,6,13-17,19-20H2,1H3,(H,32,35)/t25-,28+/m0/s1. The molecule has 0 unspecified atom stereocenters. The number of rotatable bonds is 9. The highest BCUT2D eigenvalue weighted by molar-refractivity contribution is 6.08. The van der Waals surface area contributed by atoms with Crippen molar-refractivity contribution in [3.8, 4) is 0 Å². The predicted molar refractivity (Wildman–Crippen MR) is 144 cm³/mol. The van der Waals surface area contributed by atoms with Crippen LogP contribution >= 0.6 is 0 Å². The number of anilines is 1. The van der Waals surface area contributed by atoms with Crippen molar-refractivity contribution in [3.05, 3.63) is 89.1 Å². The third-order valence-corrected chi connectivity index (χ3v) is 7.07. The van der Waals surface area contributed by atoms with Gasteiger partial charge in [0.25, 0.3) is 5.91 Å². The lowest BCUT2D eigenvalue weighted by molar-refractivity contribution is -0.123. The average Bonchev–Trinajstić information content (AvgIpc) is 3.64. The number of carbonyl (C=O) groups is 2. The third-order valence-electron chi connectivity index (χ3n) is 7.07. The Morgan fingerprint density at radius 3 is 2.59 bits per heavy atom. The monoisotopic (exact) mass is 535 g/mol. The van der Waals surface area contributed by atoms with Crippen LogP contribution in [-0.4, -0.2) is 62.3 Å². The zero-order valence-corrected chi connectivity index (χ0v) is 22.1. The van der Waals surface area contributed by atoms with Crippen LogP contribution in [0.25, 0.3) is 0 Å². The molecular weight excluding hydrogens is 501 g/mol. The van der Waals surface area contributed by atoms with E-state index in [0.29, 0.717) is 49.9 Å². The molecule has 3 aromatic rings. The van der Waals surface area contributed by atoms with Crippen LogP contribution in [-0.2, 0) is 20.8 Å². The van der Waals surface area contributed by atoms with Gasteiger partial charge in [-0.05, 0) is 67.3 Å². The van der Waals surface area contributed by atoms with Gasteiger partial charge in [-0.15, -0.1) is 0 Å². The first-order chi connectivity index (χ1) is 19.0. The number of morpholine rings is 1. The molecule has 2 amide bonds. The third kappa shape index (κ3) is 6.73. The lowest BCUT2D eigenvalue weighted by atomic mass is 10.0. The molecule has 0 bridgehead atoms. The first kappa shape index (κ1) is 27.1. The minimum absolute atomic E-state index is 0.0706. The summed E-state index contributed by atoms with van der Waals surface area (Å²) in [6.45, 7) is 6.38. The number of carbonyl (C=O) groups excluding carboxylic acids is 2. The van der Waals surface area contributed by atoms with E-state index in [-0.39, 0.29) is 17.8 Å². The van der Waals surface area contributed by atoms with Crippen LogP contribution in [0.3, 0.4) is 0 Å². The molecule has 0 aliphatic carbocycles. The Hall–Kier alpha value is -3.53. The van der Waals surface area contributed by atoms with Crippen LogP contribution < -0.4 is 10.2 Å². The molecule has 3 heterocycles. The number of halogens is 1. The summed E-state index contributed by atoms with van der Waals surface area (Å²) >= 11 is 0. The van der Waals surface area contributed by atoms with Crippen molar-refractivity contribution < 1.29 is 27.9 Å². The maximum Gasteiger partial charge on any atom is 0.294 e. The molecule has 2 aliphatic rings. The lowest BCUT2D eigenvalue weighted by Crippen LogP contribution is -2.45. The number of benzene rings is 2. The number of amides is 2. The summed E-state index contributed by atoms with van der Waals surface area (Å²) in [5, 5.41) is 2.97. The number of ether oxygens (including phenoxy) is 2. The maximum absolute atomic E-state index is 14.1. The molecule has 1 N–H and O–H groups in total. The molecule has 8 nitrogen and oxygen atoms in total. The Morgan fingerprint density at radius 1 is 1.08 bits per heavy atom. The van der Waals surface area contributed by atoms with Crippen LogP contribution in [0.2, 0.25) is 0 Å². The van der Waals surface area contributed by atoms with E-state index < -0.39 is 17.8 Å². The van der Waals surface area contributed by atoms with E-state index in [0.717, 1.165) is 31.5 Å². The molecule has 2 atom stereocenters. The molecule has 0 radical (unpaired) electrons. The van der Waals surface area contributed by atoms with Crippen LogP contribution in [0.1, 0.15) is 46.3 Å². The fourth-order valence-corrected chi connectivity index (χ4v) is 5.02. The molecule has 9 heteroatoms. The first-order valence-electron chi connectivity index (χ1n) is 13.4. The summed E-state index contributed by atoms with van der Waals surface area (Å²) in [5.41, 5.74) is 1.94. The number of furan rings is 1. The Balaban J connectivity index is 1.48. The van der Waals surface area contributed by atoms with Crippen LogP contribution in [0, 0.1) is 12.7 Å². The highest BCUT2D eigenvalue weighted by Gasteiger charge is 2.35. The summed E-state index contributed by atoms with van der Waals surface area (Å²) in [7, 11) is 0. The summed E-state index contributed by atoms with van der Waals surface area (Å²) in [6, 6.07) is 15.4. The predicted octanol–water partition coefficient (Wildman–Crippen LogP) is 4.24. The first-order valence-corrected chi connectivity index (χ1v) is 13.4. The summed E-state index contributed by atoms with van der Waals surface area (Å²) in [5.74, 6) is -0.489. The Bertz CT molecular complexity index is 1270. The van der Waals surface area contributed by atoms with Gasteiger partial charge in [0.2, 0.25) is 5.91 Å². The van der Waals surface area contributed by atoms with Crippen LogP contribution in [0.15, 0.2) is 65.1 Å². The summed E-state index contributed by atoms with van der Waals surface area (Å²) in [4.78, 5) is 31.5. The molecule has 0 spiro atoms. The zero-order chi connectivity index (χ0) is 27.2. The van der Waals surface area contributed by atoms with Crippen molar-refractivity contribution in [2.45, 2.75) is 38.5 Å². The van der Waals surface area contributed by atoms with Gasteiger partial charge in [-0.25, -0.2) is 4.39 Å². The molecule has 2 aliphatic heterocycles. The smallest absolute Gasteiger partial charge is 0.294 e. The molecule has 5 rings (SSSR count). The van der Waals surface area contributed by atoms with E-state index in [1.54, 1.807) is 18.2 Å². The van der Waals surface area contributed by atoms with Gasteiger partial charge < -0.3 is 19.2 Å². The quantitative estimate of drug-likeness (QED) is 0.441. The number of aryl methyl sites for hydroxylation is 1. The van der Waals surface area contributed by atoms with Gasteiger partial charge in [0.15, 0.2) is 5.76 Å². The molecular formula is C30H34FN3O5.